The van der Waals surface area contributed by atoms with E-state index in [0.29, 0.717) is 0 Å². The van der Waals surface area contributed by atoms with E-state index in [2.05, 4.69) is 40.4 Å². The maximum Gasteiger partial charge on any atom is 0.112 e. The van der Waals surface area contributed by atoms with E-state index in [0.717, 1.165) is 18.8 Å². The maximum atomic E-state index is 4.29. The molecular weight excluding hydrogens is 220 g/mol. The molecule has 0 unspecified atom stereocenters. The molecule has 0 saturated heterocycles. The van der Waals surface area contributed by atoms with Crippen LogP contribution in [-0.4, -0.2) is 9.55 Å². The van der Waals surface area contributed by atoms with Crippen LogP contribution in [0.3, 0.4) is 0 Å². The largest absolute Gasteiger partial charge is 0.330 e. The molecule has 3 heteroatoms. The van der Waals surface area contributed by atoms with Crippen LogP contribution in [0.2, 0.25) is 0 Å². The summed E-state index contributed by atoms with van der Waals surface area (Å²) in [6, 6.07) is 10.4. The highest BCUT2D eigenvalue weighted by Gasteiger charge is 2.00. The lowest BCUT2D eigenvalue weighted by molar-refractivity contribution is 0.745. The zero-order chi connectivity index (χ0) is 10.5. The van der Waals surface area contributed by atoms with Crippen LogP contribution in [-0.2, 0) is 13.0 Å². The summed E-state index contributed by atoms with van der Waals surface area (Å²) in [4.78, 5) is 4.29. The number of allylic oxidation sites excluding steroid dienone is 1. The summed E-state index contributed by atoms with van der Waals surface area (Å²) in [5, 5.41) is 0. The molecule has 0 saturated carbocycles. The summed E-state index contributed by atoms with van der Waals surface area (Å²) in [6.45, 7) is 4.61. The van der Waals surface area contributed by atoms with Gasteiger partial charge in [0.15, 0.2) is 0 Å². The second-order valence-corrected chi connectivity index (χ2v) is 3.45. The van der Waals surface area contributed by atoms with Crippen LogP contribution in [0.5, 0.6) is 0 Å². The Balaban J connectivity index is 0.00000128. The highest BCUT2D eigenvalue weighted by molar-refractivity contribution is 5.85. The van der Waals surface area contributed by atoms with Gasteiger partial charge in [-0.15, -0.1) is 19.0 Å². The Bertz CT molecular complexity index is 434. The fourth-order valence-corrected chi connectivity index (χ4v) is 1.58. The van der Waals surface area contributed by atoms with Gasteiger partial charge in [0.2, 0.25) is 0 Å². The van der Waals surface area contributed by atoms with E-state index in [1.165, 1.54) is 5.56 Å². The zero-order valence-electron chi connectivity index (χ0n) is 9.04. The van der Waals surface area contributed by atoms with Crippen LogP contribution < -0.4 is 0 Å². The summed E-state index contributed by atoms with van der Waals surface area (Å²) in [5.74, 6) is 1.06. The van der Waals surface area contributed by atoms with E-state index in [1.807, 2.05) is 24.5 Å². The molecule has 1 aromatic carbocycles. The van der Waals surface area contributed by atoms with Crippen molar-refractivity contribution in [1.82, 2.24) is 9.55 Å². The molecule has 84 valence electrons. The molecular formula is C13H15ClN2. The van der Waals surface area contributed by atoms with Gasteiger partial charge in [-0.25, -0.2) is 4.98 Å². The van der Waals surface area contributed by atoms with Gasteiger partial charge in [-0.3, -0.25) is 0 Å². The van der Waals surface area contributed by atoms with Crippen LogP contribution in [0.1, 0.15) is 11.4 Å². The van der Waals surface area contributed by atoms with Crippen LogP contribution in [0, 0.1) is 0 Å². The first-order valence-corrected chi connectivity index (χ1v) is 5.05. The standard InChI is InChI=1S/C13H14N2.ClH/c1-2-6-13-14-9-10-15(13)11-12-7-4-3-5-8-12;/h2-5,7-10H,1,6,11H2;1H. The monoisotopic (exact) mass is 234 g/mol. The van der Waals surface area contributed by atoms with Crippen molar-refractivity contribution in [3.63, 3.8) is 0 Å². The number of aromatic nitrogens is 2. The summed E-state index contributed by atoms with van der Waals surface area (Å²) in [5.41, 5.74) is 1.29. The van der Waals surface area contributed by atoms with E-state index >= 15 is 0 Å². The molecule has 1 aromatic heterocycles. The Kier molecular flexibility index (Phi) is 4.80. The van der Waals surface area contributed by atoms with Crippen molar-refractivity contribution < 1.29 is 0 Å². The number of imidazole rings is 1. The third kappa shape index (κ3) is 2.97. The van der Waals surface area contributed by atoms with E-state index < -0.39 is 0 Å². The summed E-state index contributed by atoms with van der Waals surface area (Å²) in [7, 11) is 0. The van der Waals surface area contributed by atoms with Crippen molar-refractivity contribution in [2.45, 2.75) is 13.0 Å². The zero-order valence-corrected chi connectivity index (χ0v) is 9.86. The molecule has 0 N–H and O–H groups in total. The minimum Gasteiger partial charge on any atom is -0.330 e. The number of benzene rings is 1. The van der Waals surface area contributed by atoms with Crippen molar-refractivity contribution in [2.24, 2.45) is 0 Å². The summed E-state index contributed by atoms with van der Waals surface area (Å²) in [6.07, 6.45) is 6.54. The van der Waals surface area contributed by atoms with Gasteiger partial charge in [-0.2, -0.15) is 0 Å². The highest BCUT2D eigenvalue weighted by Crippen LogP contribution is 2.05. The molecule has 0 bridgehead atoms. The quantitative estimate of drug-likeness (QED) is 0.744. The van der Waals surface area contributed by atoms with Gasteiger partial charge < -0.3 is 4.57 Å². The molecule has 2 aromatic rings. The molecule has 2 nitrogen and oxygen atoms in total. The maximum absolute atomic E-state index is 4.29. The fourth-order valence-electron chi connectivity index (χ4n) is 1.58. The first-order valence-electron chi connectivity index (χ1n) is 5.05. The molecule has 0 aliphatic rings. The molecule has 1 heterocycles. The Morgan fingerprint density at radius 2 is 2.00 bits per heavy atom. The SMILES string of the molecule is C=CCc1nccn1Cc1ccccc1.Cl. The first kappa shape index (κ1) is 12.5. The van der Waals surface area contributed by atoms with Crippen LogP contribution >= 0.6 is 12.4 Å². The Morgan fingerprint density at radius 1 is 1.25 bits per heavy atom. The van der Waals surface area contributed by atoms with Crippen LogP contribution in [0.25, 0.3) is 0 Å². The minimum atomic E-state index is 0. The fraction of sp³-hybridized carbons (Fsp3) is 0.154. The molecule has 16 heavy (non-hydrogen) atoms. The van der Waals surface area contributed by atoms with Gasteiger partial charge in [0.05, 0.1) is 0 Å². The van der Waals surface area contributed by atoms with Crippen molar-refractivity contribution in [2.75, 3.05) is 0 Å². The van der Waals surface area contributed by atoms with E-state index in [9.17, 15) is 0 Å². The lowest BCUT2D eigenvalue weighted by Crippen LogP contribution is -2.03. The Hall–Kier alpha value is -1.54. The predicted molar refractivity (Wildman–Crippen MR) is 68.9 cm³/mol. The van der Waals surface area contributed by atoms with Crippen molar-refractivity contribution in [3.05, 3.63) is 66.8 Å². The second kappa shape index (κ2) is 6.13. The van der Waals surface area contributed by atoms with Gasteiger partial charge in [0.25, 0.3) is 0 Å². The lowest BCUT2D eigenvalue weighted by Gasteiger charge is -2.06. The molecule has 0 fully saturated rings. The normalized spacial score (nSPS) is 9.50. The van der Waals surface area contributed by atoms with Crippen LogP contribution in [0.4, 0.5) is 0 Å². The van der Waals surface area contributed by atoms with Gasteiger partial charge >= 0.3 is 0 Å². The van der Waals surface area contributed by atoms with Crippen molar-refractivity contribution in [1.29, 1.82) is 0 Å². The topological polar surface area (TPSA) is 17.8 Å². The van der Waals surface area contributed by atoms with E-state index in [4.69, 9.17) is 0 Å². The number of halogens is 1. The molecule has 0 atom stereocenters. The third-order valence-electron chi connectivity index (χ3n) is 2.32. The predicted octanol–water partition coefficient (Wildman–Crippen LogP) is 3.08. The van der Waals surface area contributed by atoms with Crippen LogP contribution in [0.15, 0.2) is 55.4 Å². The number of nitrogens with zero attached hydrogens (tertiary/aromatic N) is 2. The molecule has 0 amide bonds. The molecule has 2 rings (SSSR count). The number of hydrogen-bond donors (Lipinski definition) is 0. The molecule has 0 aliphatic heterocycles. The highest BCUT2D eigenvalue weighted by atomic mass is 35.5. The minimum absolute atomic E-state index is 0. The Morgan fingerprint density at radius 3 is 2.69 bits per heavy atom. The van der Waals surface area contributed by atoms with E-state index in [-0.39, 0.29) is 12.4 Å². The smallest absolute Gasteiger partial charge is 0.112 e. The second-order valence-electron chi connectivity index (χ2n) is 3.45. The van der Waals surface area contributed by atoms with Crippen molar-refractivity contribution >= 4 is 12.4 Å². The van der Waals surface area contributed by atoms with Gasteiger partial charge in [0, 0.05) is 25.4 Å². The van der Waals surface area contributed by atoms with Gasteiger partial charge in [-0.1, -0.05) is 36.4 Å². The van der Waals surface area contributed by atoms with Crippen molar-refractivity contribution in [3.8, 4) is 0 Å². The van der Waals surface area contributed by atoms with E-state index in [1.54, 1.807) is 0 Å². The Labute approximate surface area is 102 Å². The average molecular weight is 235 g/mol. The first-order chi connectivity index (χ1) is 7.40. The summed E-state index contributed by atoms with van der Waals surface area (Å²) < 4.78 is 2.15. The number of rotatable bonds is 4. The lowest BCUT2D eigenvalue weighted by atomic mass is 10.2. The third-order valence-corrected chi connectivity index (χ3v) is 2.32. The van der Waals surface area contributed by atoms with Gasteiger partial charge in [-0.05, 0) is 5.56 Å². The molecule has 0 radical (unpaired) electrons. The molecule has 0 aliphatic carbocycles. The average Bonchev–Trinajstić information content (AvgIpc) is 2.68. The molecule has 0 spiro atoms. The van der Waals surface area contributed by atoms with Gasteiger partial charge in [0.1, 0.15) is 5.82 Å². The summed E-state index contributed by atoms with van der Waals surface area (Å²) >= 11 is 0. The number of hydrogen-bond acceptors (Lipinski definition) is 1.